The highest BCUT2D eigenvalue weighted by Crippen LogP contribution is 2.23. The number of nitrogens with zero attached hydrogens (tertiary/aromatic N) is 2. The van der Waals surface area contributed by atoms with E-state index in [1.165, 1.54) is 4.90 Å². The fourth-order valence-corrected chi connectivity index (χ4v) is 7.08. The van der Waals surface area contributed by atoms with Crippen LogP contribution < -0.4 is 0 Å². The number of aliphatic hydroxyl groups is 1. The lowest BCUT2D eigenvalue weighted by Gasteiger charge is -2.23. The van der Waals surface area contributed by atoms with Crippen LogP contribution in [0.15, 0.2) is 84.0 Å². The van der Waals surface area contributed by atoms with Crippen molar-refractivity contribution in [2.75, 3.05) is 39.6 Å². The fourth-order valence-electron chi connectivity index (χ4n) is 7.08. The van der Waals surface area contributed by atoms with Crippen LogP contribution in [-0.2, 0) is 50.9 Å². The molecule has 58 heavy (non-hydrogen) atoms. The topological polar surface area (TPSA) is 150 Å². The molecular formula is C45H60N2O11. The van der Waals surface area contributed by atoms with Crippen LogP contribution in [0.1, 0.15) is 83.3 Å². The van der Waals surface area contributed by atoms with E-state index in [9.17, 15) is 24.3 Å². The molecule has 13 heteroatoms. The van der Waals surface area contributed by atoms with Gasteiger partial charge < -0.3 is 33.5 Å². The Bertz CT molecular complexity index is 1550. The third-order valence-electron chi connectivity index (χ3n) is 10.5. The van der Waals surface area contributed by atoms with Crippen molar-refractivity contribution in [2.24, 2.45) is 5.92 Å². The summed E-state index contributed by atoms with van der Waals surface area (Å²) >= 11 is 0. The molecule has 2 unspecified atom stereocenters. The molecule has 2 aromatic carbocycles. The number of rotatable bonds is 16. The van der Waals surface area contributed by atoms with Crippen molar-refractivity contribution in [3.05, 3.63) is 95.1 Å². The van der Waals surface area contributed by atoms with E-state index in [0.717, 1.165) is 78.9 Å². The first-order valence-corrected chi connectivity index (χ1v) is 20.6. The zero-order valence-corrected chi connectivity index (χ0v) is 34.1. The Balaban J connectivity index is 0.000000221. The molecule has 13 nitrogen and oxygen atoms in total. The van der Waals surface area contributed by atoms with Crippen LogP contribution in [-0.4, -0.2) is 109 Å². The molecule has 0 spiro atoms. The normalized spacial score (nSPS) is 23.7. The van der Waals surface area contributed by atoms with Gasteiger partial charge in [-0.1, -0.05) is 90.9 Å². The number of hydrogen-bond donors (Lipinski definition) is 1. The molecule has 6 rings (SSSR count). The van der Waals surface area contributed by atoms with Crippen molar-refractivity contribution < 1.29 is 52.7 Å². The summed E-state index contributed by atoms with van der Waals surface area (Å²) in [6, 6.07) is 18.8. The number of benzene rings is 2. The summed E-state index contributed by atoms with van der Waals surface area (Å²) in [5.74, 6) is -1.12. The van der Waals surface area contributed by atoms with Gasteiger partial charge in [-0.15, -0.1) is 0 Å². The Hall–Kier alpha value is -4.40. The van der Waals surface area contributed by atoms with Crippen LogP contribution in [0.4, 0.5) is 9.59 Å². The minimum absolute atomic E-state index is 0.112. The van der Waals surface area contributed by atoms with E-state index in [1.807, 2.05) is 87.5 Å². The Morgan fingerprint density at radius 3 is 1.60 bits per heavy atom. The zero-order valence-electron chi connectivity index (χ0n) is 34.1. The molecule has 0 saturated carbocycles. The average Bonchev–Trinajstić information content (AvgIpc) is 3.81. The van der Waals surface area contributed by atoms with Gasteiger partial charge in [0, 0.05) is 25.6 Å². The van der Waals surface area contributed by atoms with E-state index in [-0.39, 0.29) is 50.1 Å². The second-order valence-corrected chi connectivity index (χ2v) is 15.5. The van der Waals surface area contributed by atoms with Crippen molar-refractivity contribution in [3.63, 3.8) is 0 Å². The zero-order chi connectivity index (χ0) is 41.3. The van der Waals surface area contributed by atoms with E-state index >= 15 is 0 Å². The number of carbonyl (C=O) groups excluding carboxylic acids is 4. The number of ether oxygens (including phenoxy) is 6. The van der Waals surface area contributed by atoms with Crippen LogP contribution in [0.5, 0.6) is 0 Å². The Labute approximate surface area is 342 Å². The Kier molecular flexibility index (Phi) is 17.9. The summed E-state index contributed by atoms with van der Waals surface area (Å²) in [7, 11) is 0. The number of cyclic esters (lactones) is 2. The van der Waals surface area contributed by atoms with Gasteiger partial charge in [-0.3, -0.25) is 9.59 Å². The summed E-state index contributed by atoms with van der Waals surface area (Å²) in [6.45, 7) is 8.45. The van der Waals surface area contributed by atoms with Crippen molar-refractivity contribution in [1.29, 1.82) is 0 Å². The molecule has 6 atom stereocenters. The number of aliphatic hydroxyl groups excluding tert-OH is 1. The lowest BCUT2D eigenvalue weighted by molar-refractivity contribution is -0.157. The average molecular weight is 805 g/mol. The van der Waals surface area contributed by atoms with Crippen LogP contribution in [0.3, 0.4) is 0 Å². The summed E-state index contributed by atoms with van der Waals surface area (Å²) in [4.78, 5) is 52.2. The molecule has 4 aliphatic heterocycles. The maximum atomic E-state index is 12.9. The van der Waals surface area contributed by atoms with Gasteiger partial charge >= 0.3 is 12.2 Å². The third-order valence-corrected chi connectivity index (χ3v) is 10.5. The van der Waals surface area contributed by atoms with Crippen LogP contribution in [0, 0.1) is 5.92 Å². The largest absolute Gasteiger partial charge is 0.447 e. The van der Waals surface area contributed by atoms with Gasteiger partial charge in [0.2, 0.25) is 5.91 Å². The highest BCUT2D eigenvalue weighted by atomic mass is 16.7. The molecule has 0 bridgehead atoms. The van der Waals surface area contributed by atoms with Crippen LogP contribution >= 0.6 is 0 Å². The Morgan fingerprint density at radius 2 is 1.16 bits per heavy atom. The lowest BCUT2D eigenvalue weighted by atomic mass is 10.0. The molecule has 2 aromatic rings. The smallest absolute Gasteiger partial charge is 0.417 e. The summed E-state index contributed by atoms with van der Waals surface area (Å²) in [5.41, 5.74) is 4.04. The predicted octanol–water partition coefficient (Wildman–Crippen LogP) is 6.91. The Morgan fingerprint density at radius 1 is 0.707 bits per heavy atom. The minimum atomic E-state index is -1.31. The molecule has 4 aliphatic rings. The first-order valence-electron chi connectivity index (χ1n) is 20.6. The molecule has 0 aliphatic carbocycles. The quantitative estimate of drug-likeness (QED) is 0.176. The van der Waals surface area contributed by atoms with Gasteiger partial charge in [0.25, 0.3) is 5.91 Å². The monoisotopic (exact) mass is 804 g/mol. The highest BCUT2D eigenvalue weighted by Gasteiger charge is 2.41. The predicted molar refractivity (Wildman–Crippen MR) is 215 cm³/mol. The van der Waals surface area contributed by atoms with Crippen LogP contribution in [0.25, 0.3) is 0 Å². The van der Waals surface area contributed by atoms with Gasteiger partial charge in [0.1, 0.15) is 19.3 Å². The third kappa shape index (κ3) is 13.9. The molecular weight excluding hydrogens is 744 g/mol. The van der Waals surface area contributed by atoms with Crippen LogP contribution in [0.2, 0.25) is 0 Å². The molecule has 316 valence electrons. The molecule has 4 amide bonds. The van der Waals surface area contributed by atoms with E-state index in [4.69, 9.17) is 28.4 Å². The number of carbonyl (C=O) groups is 4. The van der Waals surface area contributed by atoms with Gasteiger partial charge in [-0.25, -0.2) is 19.4 Å². The van der Waals surface area contributed by atoms with Gasteiger partial charge in [-0.05, 0) is 82.8 Å². The SMILES string of the molecule is C/C(=C/C[C@H](C)C(=O)N1C(=O)OC[C@@H]1Cc1ccccc1)COC1CCCCO1.C/C(=C/C[C@H](O)C(=O)N1C(=O)OC[C@@H]1Cc1ccccc1)COC1CCCCO1. The number of hydrogen-bond acceptors (Lipinski definition) is 11. The summed E-state index contributed by atoms with van der Waals surface area (Å²) in [5, 5.41) is 10.3. The van der Waals surface area contributed by atoms with Crippen molar-refractivity contribution in [3.8, 4) is 0 Å². The maximum absolute atomic E-state index is 12.9. The second-order valence-electron chi connectivity index (χ2n) is 15.5. The standard InChI is InChI=1S/C23H31NO5.C22H29NO6/c1-17(15-28-21-10-6-7-13-27-21)11-12-18(2)22(25)24-20(16-29-23(24)26)14-19-8-4-3-5-9-19;1-16(14-28-20-9-5-6-12-27-20)10-11-19(24)21(25)23-18(15-29-22(23)26)13-17-7-3-2-4-8-17/h3-5,8-9,11,18,20-21H,6-7,10,12-16H2,1-2H3;2-4,7-8,10,18-20,24H,5-6,9,11-15H2,1H3/b17-11-;16-10-/t18-,20-,21?;18-,19-,20?/m00/s1. The molecule has 1 N–H and O–H groups in total. The fraction of sp³-hybridized carbons (Fsp3) is 0.556. The van der Waals surface area contributed by atoms with Gasteiger partial charge in [0.15, 0.2) is 12.6 Å². The molecule has 0 aromatic heterocycles. The molecule has 4 saturated heterocycles. The summed E-state index contributed by atoms with van der Waals surface area (Å²) < 4.78 is 32.8. The summed E-state index contributed by atoms with van der Waals surface area (Å²) in [6.07, 6.45) is 8.90. The van der Waals surface area contributed by atoms with Crippen molar-refractivity contribution >= 4 is 24.0 Å². The number of allylic oxidation sites excluding steroid dienone is 1. The van der Waals surface area contributed by atoms with E-state index in [0.29, 0.717) is 32.5 Å². The number of imide groups is 2. The second kappa shape index (κ2) is 23.3. The molecule has 0 radical (unpaired) electrons. The first kappa shape index (κ1) is 44.7. The lowest BCUT2D eigenvalue weighted by Crippen LogP contribution is -2.45. The highest BCUT2D eigenvalue weighted by molar-refractivity contribution is 5.96. The number of amides is 4. The minimum Gasteiger partial charge on any atom is -0.447 e. The van der Waals surface area contributed by atoms with Crippen molar-refractivity contribution in [2.45, 2.75) is 116 Å². The van der Waals surface area contributed by atoms with E-state index < -0.39 is 30.2 Å². The molecule has 4 heterocycles. The first-order chi connectivity index (χ1) is 28.1. The maximum Gasteiger partial charge on any atom is 0.417 e. The molecule has 4 fully saturated rings. The van der Waals surface area contributed by atoms with Crippen molar-refractivity contribution in [1.82, 2.24) is 9.80 Å². The van der Waals surface area contributed by atoms with Gasteiger partial charge in [0.05, 0.1) is 25.3 Å². The van der Waals surface area contributed by atoms with E-state index in [1.54, 1.807) is 6.08 Å². The van der Waals surface area contributed by atoms with Gasteiger partial charge in [-0.2, -0.15) is 0 Å². The van der Waals surface area contributed by atoms with E-state index in [2.05, 4.69) is 0 Å².